The van der Waals surface area contributed by atoms with E-state index < -0.39 is 11.7 Å². The molecule has 0 aliphatic heterocycles. The number of nitrogens with one attached hydrogen (secondary N) is 1. The second-order valence-corrected chi connectivity index (χ2v) is 4.78. The van der Waals surface area contributed by atoms with Gasteiger partial charge in [-0.1, -0.05) is 17.7 Å². The molecule has 1 amide bonds. The number of ether oxygens (including phenoxy) is 2. The van der Waals surface area contributed by atoms with Crippen molar-refractivity contribution in [3.63, 3.8) is 0 Å². The van der Waals surface area contributed by atoms with E-state index in [4.69, 9.17) is 21.1 Å². The van der Waals surface area contributed by atoms with Crippen molar-refractivity contribution in [2.45, 2.75) is 6.92 Å². The summed E-state index contributed by atoms with van der Waals surface area (Å²) in [6, 6.07) is 9.00. The van der Waals surface area contributed by atoms with Crippen LogP contribution in [0.2, 0.25) is 5.02 Å². The van der Waals surface area contributed by atoms with Gasteiger partial charge < -0.3 is 14.8 Å². The summed E-state index contributed by atoms with van der Waals surface area (Å²) in [6.07, 6.45) is 0. The van der Waals surface area contributed by atoms with E-state index in [-0.39, 0.29) is 17.9 Å². The van der Waals surface area contributed by atoms with Gasteiger partial charge in [0.15, 0.2) is 11.6 Å². The molecule has 0 fully saturated rings. The molecule has 0 atom stereocenters. The Morgan fingerprint density at radius 3 is 2.77 bits per heavy atom. The molecule has 0 bridgehead atoms. The highest BCUT2D eigenvalue weighted by Crippen LogP contribution is 2.29. The average Bonchev–Trinajstić information content (AvgIpc) is 2.49. The Labute approximate surface area is 132 Å². The normalized spacial score (nSPS) is 10.2. The van der Waals surface area contributed by atoms with E-state index >= 15 is 0 Å². The van der Waals surface area contributed by atoms with Crippen LogP contribution in [0, 0.1) is 5.82 Å². The van der Waals surface area contributed by atoms with Crippen molar-refractivity contribution >= 4 is 23.2 Å². The fourth-order valence-corrected chi connectivity index (χ4v) is 2.12. The fraction of sp³-hybridized carbons (Fsp3) is 0.188. The molecule has 0 aromatic heterocycles. The Balaban J connectivity index is 2.34. The van der Waals surface area contributed by atoms with Gasteiger partial charge in [0.25, 0.3) is 5.91 Å². The first-order chi connectivity index (χ1) is 10.6. The number of hydrogen-bond acceptors (Lipinski definition) is 3. The smallest absolute Gasteiger partial charge is 0.259 e. The van der Waals surface area contributed by atoms with E-state index in [0.29, 0.717) is 16.5 Å². The molecule has 22 heavy (non-hydrogen) atoms. The predicted molar refractivity (Wildman–Crippen MR) is 83.5 cm³/mol. The molecule has 0 aliphatic rings. The van der Waals surface area contributed by atoms with Crippen LogP contribution in [-0.2, 0) is 0 Å². The van der Waals surface area contributed by atoms with Crippen molar-refractivity contribution in [3.05, 3.63) is 52.8 Å². The number of benzene rings is 2. The molecule has 4 nitrogen and oxygen atoms in total. The van der Waals surface area contributed by atoms with Crippen LogP contribution in [0.3, 0.4) is 0 Å². The molecule has 2 aromatic carbocycles. The maximum absolute atomic E-state index is 13.8. The minimum Gasteiger partial charge on any atom is -0.495 e. The van der Waals surface area contributed by atoms with Crippen LogP contribution < -0.4 is 14.8 Å². The Hall–Kier alpha value is -2.27. The van der Waals surface area contributed by atoms with Crippen LogP contribution in [0.1, 0.15) is 17.3 Å². The van der Waals surface area contributed by atoms with Crippen molar-refractivity contribution in [1.29, 1.82) is 0 Å². The van der Waals surface area contributed by atoms with Crippen molar-refractivity contribution in [2.75, 3.05) is 19.0 Å². The molecule has 2 aromatic rings. The first-order valence-corrected chi connectivity index (χ1v) is 7.00. The van der Waals surface area contributed by atoms with Crippen molar-refractivity contribution in [3.8, 4) is 11.5 Å². The third-order valence-electron chi connectivity index (χ3n) is 2.91. The SMILES string of the molecule is CCOc1c(F)cccc1C(=O)Nc1cc(Cl)ccc1OC. The summed E-state index contributed by atoms with van der Waals surface area (Å²) >= 11 is 5.92. The number of carbonyl (C=O) groups is 1. The topological polar surface area (TPSA) is 47.6 Å². The first-order valence-electron chi connectivity index (χ1n) is 6.63. The molecule has 0 aliphatic carbocycles. The molecular formula is C16H15ClFNO3. The van der Waals surface area contributed by atoms with E-state index in [1.54, 1.807) is 25.1 Å². The Morgan fingerprint density at radius 1 is 1.32 bits per heavy atom. The summed E-state index contributed by atoms with van der Waals surface area (Å²) in [7, 11) is 1.48. The van der Waals surface area contributed by atoms with Gasteiger partial charge in [0.1, 0.15) is 5.75 Å². The zero-order valence-electron chi connectivity index (χ0n) is 12.2. The molecule has 1 N–H and O–H groups in total. The van der Waals surface area contributed by atoms with Crippen molar-refractivity contribution in [2.24, 2.45) is 0 Å². The highest BCUT2D eigenvalue weighted by Gasteiger charge is 2.18. The van der Waals surface area contributed by atoms with E-state index in [0.717, 1.165) is 0 Å². The number of halogens is 2. The monoisotopic (exact) mass is 323 g/mol. The molecular weight excluding hydrogens is 309 g/mol. The van der Waals surface area contributed by atoms with Crippen LogP contribution >= 0.6 is 11.6 Å². The van der Waals surface area contributed by atoms with Gasteiger partial charge in [-0.2, -0.15) is 0 Å². The third-order valence-corrected chi connectivity index (χ3v) is 3.15. The summed E-state index contributed by atoms with van der Waals surface area (Å²) in [5, 5.41) is 3.09. The minimum absolute atomic E-state index is 0.0801. The molecule has 0 spiro atoms. The van der Waals surface area contributed by atoms with Gasteiger partial charge in [-0.05, 0) is 37.3 Å². The van der Waals surface area contributed by atoms with Crippen molar-refractivity contribution in [1.82, 2.24) is 0 Å². The van der Waals surface area contributed by atoms with Gasteiger partial charge in [-0.15, -0.1) is 0 Å². The number of amides is 1. The number of anilines is 1. The Morgan fingerprint density at radius 2 is 2.09 bits per heavy atom. The largest absolute Gasteiger partial charge is 0.495 e. The number of carbonyl (C=O) groups excluding carboxylic acids is 1. The summed E-state index contributed by atoms with van der Waals surface area (Å²) in [5.41, 5.74) is 0.496. The molecule has 0 saturated heterocycles. The van der Waals surface area contributed by atoms with E-state index in [2.05, 4.69) is 5.32 Å². The molecule has 0 saturated carbocycles. The lowest BCUT2D eigenvalue weighted by Crippen LogP contribution is -2.15. The van der Waals surface area contributed by atoms with E-state index in [9.17, 15) is 9.18 Å². The lowest BCUT2D eigenvalue weighted by atomic mass is 10.1. The highest BCUT2D eigenvalue weighted by molar-refractivity contribution is 6.31. The predicted octanol–water partition coefficient (Wildman–Crippen LogP) is 4.14. The standard InChI is InChI=1S/C16H15ClFNO3/c1-3-22-15-11(5-4-6-12(15)18)16(20)19-13-9-10(17)7-8-14(13)21-2/h4-9H,3H2,1-2H3,(H,19,20). The zero-order chi connectivity index (χ0) is 16.1. The molecule has 0 heterocycles. The van der Waals surface area contributed by atoms with Gasteiger partial charge >= 0.3 is 0 Å². The maximum atomic E-state index is 13.8. The molecule has 0 radical (unpaired) electrons. The first kappa shape index (κ1) is 16.1. The van der Waals surface area contributed by atoms with Crippen LogP contribution in [0.5, 0.6) is 11.5 Å². The fourth-order valence-electron chi connectivity index (χ4n) is 1.95. The Bertz CT molecular complexity index is 691. The zero-order valence-corrected chi connectivity index (χ0v) is 12.9. The van der Waals surface area contributed by atoms with Crippen molar-refractivity contribution < 1.29 is 18.7 Å². The highest BCUT2D eigenvalue weighted by atomic mass is 35.5. The van der Waals surface area contributed by atoms with Crippen LogP contribution in [0.25, 0.3) is 0 Å². The maximum Gasteiger partial charge on any atom is 0.259 e. The van der Waals surface area contributed by atoms with Gasteiger partial charge in [0.2, 0.25) is 0 Å². The number of hydrogen-bond donors (Lipinski definition) is 1. The van der Waals surface area contributed by atoms with Crippen LogP contribution in [0.15, 0.2) is 36.4 Å². The van der Waals surface area contributed by atoms with Crippen LogP contribution in [0.4, 0.5) is 10.1 Å². The van der Waals surface area contributed by atoms with Gasteiger partial charge in [0.05, 0.1) is 25.0 Å². The molecule has 0 unspecified atom stereocenters. The summed E-state index contributed by atoms with van der Waals surface area (Å²) in [5.74, 6) is -0.730. The lowest BCUT2D eigenvalue weighted by Gasteiger charge is -2.13. The summed E-state index contributed by atoms with van der Waals surface area (Å²) < 4.78 is 24.2. The summed E-state index contributed by atoms with van der Waals surface area (Å²) in [6.45, 7) is 1.97. The number of methoxy groups -OCH3 is 1. The minimum atomic E-state index is -0.590. The van der Waals surface area contributed by atoms with Gasteiger partial charge in [-0.25, -0.2) is 4.39 Å². The third kappa shape index (κ3) is 3.49. The summed E-state index contributed by atoms with van der Waals surface area (Å²) in [4.78, 5) is 12.4. The van der Waals surface area contributed by atoms with Gasteiger partial charge in [0, 0.05) is 5.02 Å². The second-order valence-electron chi connectivity index (χ2n) is 4.35. The molecule has 6 heteroatoms. The Kier molecular flexibility index (Phi) is 5.22. The average molecular weight is 324 g/mol. The second kappa shape index (κ2) is 7.13. The van der Waals surface area contributed by atoms with Crippen LogP contribution in [-0.4, -0.2) is 19.6 Å². The van der Waals surface area contributed by atoms with E-state index in [1.807, 2.05) is 0 Å². The number of rotatable bonds is 5. The lowest BCUT2D eigenvalue weighted by molar-refractivity contribution is 0.102. The van der Waals surface area contributed by atoms with E-state index in [1.165, 1.54) is 25.3 Å². The molecule has 116 valence electrons. The number of para-hydroxylation sites is 1. The van der Waals surface area contributed by atoms with Gasteiger partial charge in [-0.3, -0.25) is 4.79 Å². The molecule has 2 rings (SSSR count). The quantitative estimate of drug-likeness (QED) is 0.899.